The fraction of sp³-hybridized carbons (Fsp3) is 0.294. The Bertz CT molecular complexity index is 623. The van der Waals surface area contributed by atoms with Gasteiger partial charge in [-0.15, -0.1) is 0 Å². The van der Waals surface area contributed by atoms with Crippen molar-refractivity contribution in [1.29, 1.82) is 0 Å². The third-order valence-electron chi connectivity index (χ3n) is 3.97. The summed E-state index contributed by atoms with van der Waals surface area (Å²) >= 11 is 0. The van der Waals surface area contributed by atoms with Crippen LogP contribution in [-0.2, 0) is 9.59 Å². The van der Waals surface area contributed by atoms with Crippen molar-refractivity contribution in [3.63, 3.8) is 0 Å². The molecule has 0 saturated carbocycles. The molecule has 1 saturated heterocycles. The van der Waals surface area contributed by atoms with Crippen LogP contribution in [0.5, 0.6) is 0 Å². The molecule has 0 spiro atoms. The van der Waals surface area contributed by atoms with Gasteiger partial charge in [-0.2, -0.15) is 0 Å². The maximum absolute atomic E-state index is 12.2. The van der Waals surface area contributed by atoms with Gasteiger partial charge in [-0.25, -0.2) is 0 Å². The highest BCUT2D eigenvalue weighted by Gasteiger charge is 2.26. The quantitative estimate of drug-likeness (QED) is 0.776. The summed E-state index contributed by atoms with van der Waals surface area (Å²) in [5.74, 6) is -0.115. The molecule has 0 amide bonds. The number of piperazine rings is 1. The van der Waals surface area contributed by atoms with E-state index < -0.39 is 0 Å². The normalized spacial score (nSPS) is 19.5. The van der Waals surface area contributed by atoms with Crippen LogP contribution in [0.3, 0.4) is 0 Å². The number of nitrogens with zero attached hydrogens (tertiary/aromatic N) is 2. The third-order valence-corrected chi connectivity index (χ3v) is 3.97. The summed E-state index contributed by atoms with van der Waals surface area (Å²) in [6.07, 6.45) is 2.87. The number of anilines is 1. The second-order valence-corrected chi connectivity index (χ2v) is 5.40. The maximum atomic E-state index is 12.2. The van der Waals surface area contributed by atoms with E-state index in [0.29, 0.717) is 11.3 Å². The Morgan fingerprint density at radius 2 is 1.48 bits per heavy atom. The van der Waals surface area contributed by atoms with Gasteiger partial charge in [0.25, 0.3) is 0 Å². The van der Waals surface area contributed by atoms with Gasteiger partial charge in [-0.3, -0.25) is 9.59 Å². The molecule has 1 heterocycles. The maximum Gasteiger partial charge on any atom is 0.205 e. The lowest BCUT2D eigenvalue weighted by molar-refractivity contribution is -0.116. The number of ketones is 2. The van der Waals surface area contributed by atoms with Crippen molar-refractivity contribution >= 4 is 17.3 Å². The Morgan fingerprint density at radius 1 is 0.857 bits per heavy atom. The summed E-state index contributed by atoms with van der Waals surface area (Å²) in [5.41, 5.74) is 2.28. The van der Waals surface area contributed by atoms with Crippen molar-refractivity contribution in [3.05, 3.63) is 53.8 Å². The average Bonchev–Trinajstić information content (AvgIpc) is 2.52. The molecule has 2 aliphatic rings. The second-order valence-electron chi connectivity index (χ2n) is 5.40. The Balaban J connectivity index is 1.69. The largest absolute Gasteiger partial charge is 0.368 e. The monoisotopic (exact) mass is 282 g/mol. The van der Waals surface area contributed by atoms with Crippen LogP contribution in [0, 0.1) is 0 Å². The van der Waals surface area contributed by atoms with E-state index in [9.17, 15) is 9.59 Å². The van der Waals surface area contributed by atoms with Gasteiger partial charge in [0.15, 0.2) is 5.78 Å². The van der Waals surface area contributed by atoms with E-state index in [1.54, 1.807) is 6.92 Å². The third kappa shape index (κ3) is 2.75. The first kappa shape index (κ1) is 13.6. The fourth-order valence-corrected chi connectivity index (χ4v) is 2.80. The number of Topliss-reactive ketones (excluding diaryl/α,β-unsaturated/α-hetero) is 1. The lowest BCUT2D eigenvalue weighted by atomic mass is 10.0. The highest BCUT2D eigenvalue weighted by molar-refractivity contribution is 6.19. The molecule has 1 fully saturated rings. The molecule has 1 aliphatic heterocycles. The molecule has 0 radical (unpaired) electrons. The molecular weight excluding hydrogens is 264 g/mol. The van der Waals surface area contributed by atoms with Gasteiger partial charge in [0.2, 0.25) is 5.78 Å². The van der Waals surface area contributed by atoms with E-state index in [1.165, 1.54) is 17.8 Å². The van der Waals surface area contributed by atoms with E-state index >= 15 is 0 Å². The van der Waals surface area contributed by atoms with Crippen LogP contribution in [0.15, 0.2) is 53.8 Å². The molecule has 0 atom stereocenters. The van der Waals surface area contributed by atoms with Crippen molar-refractivity contribution in [2.24, 2.45) is 0 Å². The first-order valence-electron chi connectivity index (χ1n) is 7.19. The highest BCUT2D eigenvalue weighted by atomic mass is 16.1. The standard InChI is InChI=1S/C17H18N2O2/c1-13-11-15(20)12-16(17(13)21)19-9-7-18(8-10-19)14-5-3-2-4-6-14/h2-6,11-12H,7-10H2,1H3. The van der Waals surface area contributed by atoms with E-state index in [-0.39, 0.29) is 11.6 Å². The molecule has 0 N–H and O–H groups in total. The summed E-state index contributed by atoms with van der Waals surface area (Å²) in [6.45, 7) is 4.92. The summed E-state index contributed by atoms with van der Waals surface area (Å²) in [4.78, 5) is 28.1. The number of allylic oxidation sites excluding steroid dienone is 3. The van der Waals surface area contributed by atoms with Crippen LogP contribution in [0.2, 0.25) is 0 Å². The zero-order chi connectivity index (χ0) is 14.8. The summed E-state index contributed by atoms with van der Waals surface area (Å²) < 4.78 is 0. The van der Waals surface area contributed by atoms with Crippen LogP contribution in [0.4, 0.5) is 5.69 Å². The predicted octanol–water partition coefficient (Wildman–Crippen LogP) is 1.79. The minimum absolute atomic E-state index is 0.0252. The van der Waals surface area contributed by atoms with E-state index in [2.05, 4.69) is 17.0 Å². The van der Waals surface area contributed by atoms with E-state index in [0.717, 1.165) is 26.2 Å². The smallest absolute Gasteiger partial charge is 0.205 e. The number of para-hydroxylation sites is 1. The molecule has 108 valence electrons. The van der Waals surface area contributed by atoms with Gasteiger partial charge >= 0.3 is 0 Å². The summed E-state index contributed by atoms with van der Waals surface area (Å²) in [5, 5.41) is 0. The van der Waals surface area contributed by atoms with Gasteiger partial charge in [0.1, 0.15) is 0 Å². The molecule has 0 aromatic heterocycles. The van der Waals surface area contributed by atoms with Crippen LogP contribution < -0.4 is 4.90 Å². The Labute approximate surface area is 124 Å². The zero-order valence-electron chi connectivity index (χ0n) is 12.1. The number of carbonyl (C=O) groups excluding carboxylic acids is 2. The SMILES string of the molecule is CC1=CC(=O)C=C(N2CCN(c3ccccc3)CC2)C1=O. The lowest BCUT2D eigenvalue weighted by Gasteiger charge is -2.38. The minimum Gasteiger partial charge on any atom is -0.368 e. The van der Waals surface area contributed by atoms with Crippen molar-refractivity contribution in [1.82, 2.24) is 4.90 Å². The van der Waals surface area contributed by atoms with Gasteiger partial charge in [-0.1, -0.05) is 18.2 Å². The molecule has 4 heteroatoms. The fourth-order valence-electron chi connectivity index (χ4n) is 2.80. The second kappa shape index (κ2) is 5.56. The van der Waals surface area contributed by atoms with Crippen molar-refractivity contribution in [2.75, 3.05) is 31.1 Å². The summed E-state index contributed by atoms with van der Waals surface area (Å²) in [7, 11) is 0. The number of benzene rings is 1. The summed E-state index contributed by atoms with van der Waals surface area (Å²) in [6, 6.07) is 10.3. The Kier molecular flexibility index (Phi) is 3.60. The molecule has 1 aliphatic carbocycles. The first-order valence-corrected chi connectivity index (χ1v) is 7.19. The van der Waals surface area contributed by atoms with E-state index in [4.69, 9.17) is 0 Å². The van der Waals surface area contributed by atoms with E-state index in [1.807, 2.05) is 23.1 Å². The molecular formula is C17H18N2O2. The Morgan fingerprint density at radius 3 is 2.14 bits per heavy atom. The van der Waals surface area contributed by atoms with Crippen LogP contribution >= 0.6 is 0 Å². The molecule has 1 aromatic carbocycles. The number of carbonyl (C=O) groups is 2. The van der Waals surface area contributed by atoms with Crippen LogP contribution in [0.25, 0.3) is 0 Å². The zero-order valence-corrected chi connectivity index (χ0v) is 12.1. The molecule has 4 nitrogen and oxygen atoms in total. The predicted molar refractivity (Wildman–Crippen MR) is 82.1 cm³/mol. The number of rotatable bonds is 2. The highest BCUT2D eigenvalue weighted by Crippen LogP contribution is 2.21. The van der Waals surface area contributed by atoms with Crippen LogP contribution in [0.1, 0.15) is 6.92 Å². The van der Waals surface area contributed by atoms with Crippen molar-refractivity contribution in [3.8, 4) is 0 Å². The molecule has 0 unspecified atom stereocenters. The van der Waals surface area contributed by atoms with Gasteiger partial charge < -0.3 is 9.80 Å². The topological polar surface area (TPSA) is 40.6 Å². The molecule has 1 aromatic rings. The van der Waals surface area contributed by atoms with Gasteiger partial charge in [0.05, 0.1) is 5.70 Å². The first-order chi connectivity index (χ1) is 10.1. The molecule has 3 rings (SSSR count). The number of hydrogen-bond donors (Lipinski definition) is 0. The number of hydrogen-bond acceptors (Lipinski definition) is 4. The molecule has 0 bridgehead atoms. The van der Waals surface area contributed by atoms with Crippen LogP contribution in [-0.4, -0.2) is 42.6 Å². The minimum atomic E-state index is -0.0902. The lowest BCUT2D eigenvalue weighted by Crippen LogP contribution is -2.47. The van der Waals surface area contributed by atoms with Crippen molar-refractivity contribution < 1.29 is 9.59 Å². The Hall–Kier alpha value is -2.36. The van der Waals surface area contributed by atoms with Gasteiger partial charge in [0, 0.05) is 43.5 Å². The average molecular weight is 282 g/mol. The molecule has 21 heavy (non-hydrogen) atoms. The van der Waals surface area contributed by atoms with Crippen molar-refractivity contribution in [2.45, 2.75) is 6.92 Å². The van der Waals surface area contributed by atoms with Gasteiger partial charge in [-0.05, 0) is 25.1 Å².